The molecule has 0 aliphatic carbocycles. The van der Waals surface area contributed by atoms with Crippen LogP contribution in [0.25, 0.3) is 0 Å². The lowest BCUT2D eigenvalue weighted by Gasteiger charge is -2.08. The van der Waals surface area contributed by atoms with Crippen LogP contribution in [0, 0.1) is 6.92 Å². The molecule has 1 heterocycles. The van der Waals surface area contributed by atoms with Gasteiger partial charge in [0, 0.05) is 23.0 Å². The van der Waals surface area contributed by atoms with Crippen molar-refractivity contribution in [2.24, 2.45) is 0 Å². The molecule has 0 spiro atoms. The van der Waals surface area contributed by atoms with Gasteiger partial charge in [-0.3, -0.25) is 14.6 Å². The molecule has 0 radical (unpaired) electrons. The zero-order valence-electron chi connectivity index (χ0n) is 13.7. The molecule has 0 saturated heterocycles. The minimum atomic E-state index is -0.232. The van der Waals surface area contributed by atoms with Gasteiger partial charge < -0.3 is 10.6 Å². The minimum Gasteiger partial charge on any atom is -0.322 e. The van der Waals surface area contributed by atoms with Crippen molar-refractivity contribution in [3.63, 3.8) is 0 Å². The van der Waals surface area contributed by atoms with Gasteiger partial charge in [0.25, 0.3) is 11.8 Å². The number of amides is 2. The number of benzene rings is 2. The average molecular weight is 331 g/mol. The summed E-state index contributed by atoms with van der Waals surface area (Å²) in [6, 6.07) is 17.6. The first-order valence-electron chi connectivity index (χ1n) is 7.81. The Bertz CT molecular complexity index is 873. The smallest absolute Gasteiger partial charge is 0.255 e. The van der Waals surface area contributed by atoms with E-state index in [-0.39, 0.29) is 11.8 Å². The van der Waals surface area contributed by atoms with Crippen LogP contribution in [0.4, 0.5) is 11.4 Å². The number of aromatic nitrogens is 1. The zero-order chi connectivity index (χ0) is 17.6. The molecular weight excluding hydrogens is 314 g/mol. The summed E-state index contributed by atoms with van der Waals surface area (Å²) in [5.74, 6) is -0.419. The molecular formula is C20H17N3O2. The van der Waals surface area contributed by atoms with Crippen molar-refractivity contribution < 1.29 is 9.59 Å². The lowest BCUT2D eigenvalue weighted by molar-refractivity contribution is 0.102. The van der Waals surface area contributed by atoms with Gasteiger partial charge in [-0.05, 0) is 55.5 Å². The van der Waals surface area contributed by atoms with Gasteiger partial charge in [0.15, 0.2) is 0 Å². The van der Waals surface area contributed by atoms with E-state index < -0.39 is 0 Å². The zero-order valence-corrected chi connectivity index (χ0v) is 13.7. The summed E-state index contributed by atoms with van der Waals surface area (Å²) in [4.78, 5) is 28.3. The second-order valence-electron chi connectivity index (χ2n) is 5.59. The number of hydrogen-bond acceptors (Lipinski definition) is 3. The summed E-state index contributed by atoms with van der Waals surface area (Å²) in [6.07, 6.45) is 3.22. The Morgan fingerprint density at radius 2 is 1.32 bits per heavy atom. The number of carbonyl (C=O) groups is 2. The number of aryl methyl sites for hydroxylation is 1. The van der Waals surface area contributed by atoms with E-state index in [4.69, 9.17) is 0 Å². The summed E-state index contributed by atoms with van der Waals surface area (Å²) in [5.41, 5.74) is 3.44. The molecule has 2 N–H and O–H groups in total. The van der Waals surface area contributed by atoms with Crippen molar-refractivity contribution >= 4 is 23.2 Å². The van der Waals surface area contributed by atoms with Gasteiger partial charge >= 0.3 is 0 Å². The SMILES string of the molecule is Cc1ccc(C(=O)Nc2ccc(C(=O)Nc3cccnc3)cc2)cc1. The molecule has 1 aromatic heterocycles. The van der Waals surface area contributed by atoms with E-state index in [1.54, 1.807) is 60.9 Å². The Morgan fingerprint density at radius 3 is 1.88 bits per heavy atom. The molecule has 3 aromatic rings. The van der Waals surface area contributed by atoms with Gasteiger partial charge in [-0.15, -0.1) is 0 Å². The second kappa shape index (κ2) is 7.40. The number of anilines is 2. The van der Waals surface area contributed by atoms with Crippen LogP contribution in [0.2, 0.25) is 0 Å². The Balaban J connectivity index is 1.64. The highest BCUT2D eigenvalue weighted by Gasteiger charge is 2.08. The molecule has 0 aliphatic heterocycles. The van der Waals surface area contributed by atoms with E-state index in [9.17, 15) is 9.59 Å². The molecule has 2 amide bonds. The van der Waals surface area contributed by atoms with E-state index in [0.29, 0.717) is 22.5 Å². The van der Waals surface area contributed by atoms with E-state index in [1.807, 2.05) is 19.1 Å². The molecule has 0 atom stereocenters. The van der Waals surface area contributed by atoms with Crippen molar-refractivity contribution in [3.8, 4) is 0 Å². The van der Waals surface area contributed by atoms with E-state index in [0.717, 1.165) is 5.56 Å². The third kappa shape index (κ3) is 4.29. The lowest BCUT2D eigenvalue weighted by atomic mass is 10.1. The number of nitrogens with zero attached hydrogens (tertiary/aromatic N) is 1. The van der Waals surface area contributed by atoms with Gasteiger partial charge in [0.1, 0.15) is 0 Å². The van der Waals surface area contributed by atoms with Crippen LogP contribution in [-0.2, 0) is 0 Å². The average Bonchev–Trinajstić information content (AvgIpc) is 2.63. The predicted molar refractivity (Wildman–Crippen MR) is 97.8 cm³/mol. The molecule has 0 bridgehead atoms. The monoisotopic (exact) mass is 331 g/mol. The Hall–Kier alpha value is -3.47. The van der Waals surface area contributed by atoms with Crippen molar-refractivity contribution in [2.45, 2.75) is 6.92 Å². The maximum atomic E-state index is 12.2. The third-order valence-corrected chi connectivity index (χ3v) is 3.64. The summed E-state index contributed by atoms with van der Waals surface area (Å²) in [5, 5.41) is 5.57. The van der Waals surface area contributed by atoms with Gasteiger partial charge in [-0.2, -0.15) is 0 Å². The molecule has 5 heteroatoms. The van der Waals surface area contributed by atoms with E-state index in [2.05, 4.69) is 15.6 Å². The first-order chi connectivity index (χ1) is 12.1. The molecule has 3 rings (SSSR count). The first-order valence-corrected chi connectivity index (χ1v) is 7.81. The Labute approximate surface area is 145 Å². The summed E-state index contributed by atoms with van der Waals surface area (Å²) in [6.45, 7) is 1.97. The molecule has 0 unspecified atom stereocenters. The van der Waals surface area contributed by atoms with Crippen LogP contribution in [-0.4, -0.2) is 16.8 Å². The van der Waals surface area contributed by atoms with Crippen LogP contribution in [0.3, 0.4) is 0 Å². The topological polar surface area (TPSA) is 71.1 Å². The van der Waals surface area contributed by atoms with Crippen LogP contribution in [0.15, 0.2) is 73.1 Å². The van der Waals surface area contributed by atoms with Crippen LogP contribution < -0.4 is 10.6 Å². The Kier molecular flexibility index (Phi) is 4.85. The second-order valence-corrected chi connectivity index (χ2v) is 5.59. The van der Waals surface area contributed by atoms with Crippen molar-refractivity contribution in [3.05, 3.63) is 89.7 Å². The highest BCUT2D eigenvalue weighted by Crippen LogP contribution is 2.13. The first kappa shape index (κ1) is 16.4. The fraction of sp³-hybridized carbons (Fsp3) is 0.0500. The standard InChI is InChI=1S/C20H17N3O2/c1-14-4-6-15(7-5-14)19(24)22-17-10-8-16(9-11-17)20(25)23-18-3-2-12-21-13-18/h2-13H,1H3,(H,22,24)(H,23,25). The van der Waals surface area contributed by atoms with E-state index >= 15 is 0 Å². The number of nitrogens with one attached hydrogen (secondary N) is 2. The van der Waals surface area contributed by atoms with Gasteiger partial charge in [0.2, 0.25) is 0 Å². The summed E-state index contributed by atoms with van der Waals surface area (Å²) < 4.78 is 0. The fourth-order valence-electron chi connectivity index (χ4n) is 2.25. The fourth-order valence-corrected chi connectivity index (χ4v) is 2.25. The highest BCUT2D eigenvalue weighted by molar-refractivity contribution is 6.06. The van der Waals surface area contributed by atoms with Gasteiger partial charge in [-0.1, -0.05) is 17.7 Å². The number of rotatable bonds is 4. The Morgan fingerprint density at radius 1 is 0.760 bits per heavy atom. The lowest BCUT2D eigenvalue weighted by Crippen LogP contribution is -2.13. The van der Waals surface area contributed by atoms with Crippen LogP contribution in [0.5, 0.6) is 0 Å². The van der Waals surface area contributed by atoms with Crippen molar-refractivity contribution in [1.29, 1.82) is 0 Å². The molecule has 0 aliphatic rings. The largest absolute Gasteiger partial charge is 0.322 e. The maximum absolute atomic E-state index is 12.2. The summed E-state index contributed by atoms with van der Waals surface area (Å²) in [7, 11) is 0. The molecule has 25 heavy (non-hydrogen) atoms. The quantitative estimate of drug-likeness (QED) is 0.762. The molecule has 0 fully saturated rings. The highest BCUT2D eigenvalue weighted by atomic mass is 16.2. The third-order valence-electron chi connectivity index (χ3n) is 3.64. The molecule has 124 valence electrons. The van der Waals surface area contributed by atoms with Crippen LogP contribution >= 0.6 is 0 Å². The van der Waals surface area contributed by atoms with Crippen molar-refractivity contribution in [1.82, 2.24) is 4.98 Å². The van der Waals surface area contributed by atoms with Crippen molar-refractivity contribution in [2.75, 3.05) is 10.6 Å². The van der Waals surface area contributed by atoms with Gasteiger partial charge in [0.05, 0.1) is 11.9 Å². The normalized spacial score (nSPS) is 10.1. The molecule has 0 saturated carbocycles. The minimum absolute atomic E-state index is 0.187. The van der Waals surface area contributed by atoms with Crippen LogP contribution in [0.1, 0.15) is 26.3 Å². The molecule has 2 aromatic carbocycles. The molecule has 5 nitrogen and oxygen atoms in total. The number of carbonyl (C=O) groups excluding carboxylic acids is 2. The van der Waals surface area contributed by atoms with E-state index in [1.165, 1.54) is 0 Å². The maximum Gasteiger partial charge on any atom is 0.255 e. The number of hydrogen-bond donors (Lipinski definition) is 2. The summed E-state index contributed by atoms with van der Waals surface area (Å²) >= 11 is 0. The van der Waals surface area contributed by atoms with Gasteiger partial charge in [-0.25, -0.2) is 0 Å². The predicted octanol–water partition coefficient (Wildman–Crippen LogP) is 3.89. The number of pyridine rings is 1.